The van der Waals surface area contributed by atoms with Crippen LogP contribution in [0, 0.1) is 12.3 Å². The minimum absolute atomic E-state index is 0.0196. The Morgan fingerprint density at radius 1 is 1.50 bits per heavy atom. The Morgan fingerprint density at radius 2 is 2.12 bits per heavy atom. The summed E-state index contributed by atoms with van der Waals surface area (Å²) in [5, 5.41) is 3.06. The van der Waals surface area contributed by atoms with Crippen LogP contribution < -0.4 is 5.32 Å². The van der Waals surface area contributed by atoms with Crippen LogP contribution in [-0.2, 0) is 0 Å². The van der Waals surface area contributed by atoms with Crippen LogP contribution in [0.1, 0.15) is 36.2 Å². The Labute approximate surface area is 105 Å². The minimum atomic E-state index is 0.0196. The first-order valence-corrected chi connectivity index (χ1v) is 6.27. The monoisotopic (exact) mass is 281 g/mol. The Bertz CT molecular complexity index is 440. The van der Waals surface area contributed by atoms with Crippen molar-refractivity contribution in [3.8, 4) is 0 Å². The third-order valence-electron chi connectivity index (χ3n) is 3.26. The van der Waals surface area contributed by atoms with Crippen molar-refractivity contribution in [2.45, 2.75) is 33.2 Å². The maximum absolute atomic E-state index is 12.0. The van der Waals surface area contributed by atoms with Crippen molar-refractivity contribution in [1.29, 1.82) is 0 Å². The highest BCUT2D eigenvalue weighted by Gasteiger charge is 2.46. The van der Waals surface area contributed by atoms with E-state index in [0.717, 1.165) is 22.0 Å². The van der Waals surface area contributed by atoms with E-state index in [1.165, 1.54) is 0 Å². The molecule has 1 fully saturated rings. The van der Waals surface area contributed by atoms with Gasteiger partial charge in [0.2, 0.25) is 0 Å². The molecule has 0 heterocycles. The molecule has 1 unspecified atom stereocenters. The lowest BCUT2D eigenvalue weighted by Gasteiger charge is -2.09. The van der Waals surface area contributed by atoms with Crippen molar-refractivity contribution < 1.29 is 4.79 Å². The highest BCUT2D eigenvalue weighted by atomic mass is 79.9. The van der Waals surface area contributed by atoms with Gasteiger partial charge in [-0.15, -0.1) is 0 Å². The number of benzene rings is 1. The van der Waals surface area contributed by atoms with Crippen molar-refractivity contribution in [2.75, 3.05) is 0 Å². The van der Waals surface area contributed by atoms with E-state index in [1.807, 2.05) is 25.1 Å². The van der Waals surface area contributed by atoms with Gasteiger partial charge in [0.05, 0.1) is 5.56 Å². The number of halogens is 1. The predicted octanol–water partition coefficient (Wildman–Crippen LogP) is 3.29. The number of amides is 1. The van der Waals surface area contributed by atoms with E-state index in [-0.39, 0.29) is 11.3 Å². The molecule has 2 rings (SSSR count). The van der Waals surface area contributed by atoms with Gasteiger partial charge >= 0.3 is 0 Å². The van der Waals surface area contributed by atoms with Gasteiger partial charge in [-0.2, -0.15) is 0 Å². The second kappa shape index (κ2) is 3.88. The average Bonchev–Trinajstić information content (AvgIpc) is 2.78. The van der Waals surface area contributed by atoms with E-state index in [2.05, 4.69) is 35.1 Å². The van der Waals surface area contributed by atoms with Crippen molar-refractivity contribution in [2.24, 2.45) is 5.41 Å². The van der Waals surface area contributed by atoms with Gasteiger partial charge in [0.25, 0.3) is 5.91 Å². The highest BCUT2D eigenvalue weighted by Crippen LogP contribution is 2.44. The first-order valence-electron chi connectivity index (χ1n) is 5.48. The molecule has 1 amide bonds. The molecule has 2 nitrogen and oxygen atoms in total. The van der Waals surface area contributed by atoms with E-state index in [9.17, 15) is 4.79 Å². The summed E-state index contributed by atoms with van der Waals surface area (Å²) in [6.45, 7) is 6.33. The first kappa shape index (κ1) is 11.6. The molecule has 0 bridgehead atoms. The van der Waals surface area contributed by atoms with Crippen LogP contribution in [0.5, 0.6) is 0 Å². The number of rotatable bonds is 2. The summed E-state index contributed by atoms with van der Waals surface area (Å²) < 4.78 is 0.894. The second-order valence-corrected chi connectivity index (χ2v) is 5.95. The zero-order valence-corrected chi connectivity index (χ0v) is 11.4. The second-order valence-electron chi connectivity index (χ2n) is 5.16. The molecule has 1 aliphatic rings. The van der Waals surface area contributed by atoms with Gasteiger partial charge in [-0.05, 0) is 46.3 Å². The summed E-state index contributed by atoms with van der Waals surface area (Å²) in [7, 11) is 0. The first-order chi connectivity index (χ1) is 7.42. The lowest BCUT2D eigenvalue weighted by molar-refractivity contribution is 0.0945. The molecule has 1 N–H and O–H groups in total. The van der Waals surface area contributed by atoms with E-state index in [1.54, 1.807) is 0 Å². The van der Waals surface area contributed by atoms with Gasteiger partial charge in [0.1, 0.15) is 0 Å². The molecular formula is C13H16BrNO. The van der Waals surface area contributed by atoms with Gasteiger partial charge < -0.3 is 5.32 Å². The van der Waals surface area contributed by atoms with Gasteiger partial charge in [-0.1, -0.05) is 26.0 Å². The van der Waals surface area contributed by atoms with Gasteiger partial charge in [-0.25, -0.2) is 0 Å². The quantitative estimate of drug-likeness (QED) is 0.886. The molecule has 0 spiro atoms. The molecule has 1 aliphatic carbocycles. The summed E-state index contributed by atoms with van der Waals surface area (Å²) in [6, 6.07) is 6.07. The normalized spacial score (nSPS) is 21.6. The summed E-state index contributed by atoms with van der Waals surface area (Å²) >= 11 is 3.46. The molecule has 86 valence electrons. The molecule has 1 aromatic carbocycles. The van der Waals surface area contributed by atoms with Crippen LogP contribution in [0.15, 0.2) is 22.7 Å². The fourth-order valence-corrected chi connectivity index (χ4v) is 2.22. The molecular weight excluding hydrogens is 266 g/mol. The van der Waals surface area contributed by atoms with Crippen molar-refractivity contribution in [1.82, 2.24) is 5.32 Å². The molecule has 1 saturated carbocycles. The van der Waals surface area contributed by atoms with Crippen LogP contribution in [0.3, 0.4) is 0 Å². The zero-order chi connectivity index (χ0) is 11.9. The number of carbonyl (C=O) groups excluding carboxylic acids is 1. The fourth-order valence-electron chi connectivity index (χ4n) is 1.77. The van der Waals surface area contributed by atoms with Crippen LogP contribution in [0.4, 0.5) is 0 Å². The predicted molar refractivity (Wildman–Crippen MR) is 68.5 cm³/mol. The minimum Gasteiger partial charge on any atom is -0.349 e. The van der Waals surface area contributed by atoms with Crippen LogP contribution in [-0.4, -0.2) is 11.9 Å². The van der Waals surface area contributed by atoms with Crippen molar-refractivity contribution >= 4 is 21.8 Å². The lowest BCUT2D eigenvalue weighted by Crippen LogP contribution is -2.28. The Hall–Kier alpha value is -0.830. The number of nitrogens with one attached hydrogen (secondary N) is 1. The van der Waals surface area contributed by atoms with Gasteiger partial charge in [-0.3, -0.25) is 4.79 Å². The fraction of sp³-hybridized carbons (Fsp3) is 0.462. The highest BCUT2D eigenvalue weighted by molar-refractivity contribution is 9.10. The van der Waals surface area contributed by atoms with Crippen LogP contribution >= 0.6 is 15.9 Å². The standard InChI is InChI=1S/C13H16BrNO/c1-8-5-4-6-9(11(8)14)12(16)15-10-7-13(10,2)3/h4-6,10H,7H2,1-3H3,(H,15,16). The van der Waals surface area contributed by atoms with E-state index >= 15 is 0 Å². The SMILES string of the molecule is Cc1cccc(C(=O)NC2CC2(C)C)c1Br. The summed E-state index contributed by atoms with van der Waals surface area (Å²) in [5.74, 6) is 0.0196. The van der Waals surface area contributed by atoms with Gasteiger partial charge in [0, 0.05) is 10.5 Å². The van der Waals surface area contributed by atoms with E-state index in [0.29, 0.717) is 6.04 Å². The Balaban J connectivity index is 2.13. The molecule has 0 saturated heterocycles. The molecule has 0 aliphatic heterocycles. The maximum Gasteiger partial charge on any atom is 0.252 e. The number of aryl methyl sites for hydroxylation is 1. The van der Waals surface area contributed by atoms with Crippen LogP contribution in [0.2, 0.25) is 0 Å². The number of hydrogen-bond donors (Lipinski definition) is 1. The molecule has 0 radical (unpaired) electrons. The van der Waals surface area contributed by atoms with Crippen molar-refractivity contribution in [3.63, 3.8) is 0 Å². The maximum atomic E-state index is 12.0. The summed E-state index contributed by atoms with van der Waals surface area (Å²) in [4.78, 5) is 12.0. The molecule has 1 aromatic rings. The number of hydrogen-bond acceptors (Lipinski definition) is 1. The average molecular weight is 282 g/mol. The van der Waals surface area contributed by atoms with E-state index in [4.69, 9.17) is 0 Å². The molecule has 0 aromatic heterocycles. The third kappa shape index (κ3) is 2.14. The lowest BCUT2D eigenvalue weighted by atomic mass is 10.1. The largest absolute Gasteiger partial charge is 0.349 e. The molecule has 16 heavy (non-hydrogen) atoms. The Kier molecular flexibility index (Phi) is 2.82. The molecule has 1 atom stereocenters. The Morgan fingerprint density at radius 3 is 2.69 bits per heavy atom. The zero-order valence-electron chi connectivity index (χ0n) is 9.80. The smallest absolute Gasteiger partial charge is 0.252 e. The summed E-state index contributed by atoms with van der Waals surface area (Å²) in [6.07, 6.45) is 1.07. The van der Waals surface area contributed by atoms with Crippen LogP contribution in [0.25, 0.3) is 0 Å². The van der Waals surface area contributed by atoms with E-state index < -0.39 is 0 Å². The number of carbonyl (C=O) groups is 1. The third-order valence-corrected chi connectivity index (χ3v) is 4.31. The van der Waals surface area contributed by atoms with Gasteiger partial charge in [0.15, 0.2) is 0 Å². The molecule has 3 heteroatoms. The topological polar surface area (TPSA) is 29.1 Å². The summed E-state index contributed by atoms with van der Waals surface area (Å²) in [5.41, 5.74) is 2.08. The van der Waals surface area contributed by atoms with Crippen molar-refractivity contribution in [3.05, 3.63) is 33.8 Å².